The second-order valence-corrected chi connectivity index (χ2v) is 6.36. The fourth-order valence-electron chi connectivity index (χ4n) is 1.67. The van der Waals surface area contributed by atoms with Crippen molar-refractivity contribution < 1.29 is 22.9 Å². The minimum Gasteiger partial charge on any atom is -0.462 e. The van der Waals surface area contributed by atoms with Gasteiger partial charge in [-0.2, -0.15) is 0 Å². The molecule has 0 saturated heterocycles. The van der Waals surface area contributed by atoms with Crippen LogP contribution in [-0.2, 0) is 14.8 Å². The van der Waals surface area contributed by atoms with Crippen LogP contribution in [0.3, 0.4) is 0 Å². The van der Waals surface area contributed by atoms with E-state index < -0.39 is 26.6 Å². The van der Waals surface area contributed by atoms with E-state index in [9.17, 15) is 23.3 Å². The molecule has 0 radical (unpaired) electrons. The third kappa shape index (κ3) is 5.32. The summed E-state index contributed by atoms with van der Waals surface area (Å²) in [6.07, 6.45) is 1.17. The standard InChI is InChI=1S/C13H18N2O6S/c1-3-5-6-22(19,20)14-11-7-10(13(16)21-4-2)8-12(9-11)15(17)18/h7-9,14H,3-6H2,1-2H3. The van der Waals surface area contributed by atoms with Gasteiger partial charge >= 0.3 is 5.97 Å². The van der Waals surface area contributed by atoms with Crippen molar-refractivity contribution in [3.63, 3.8) is 0 Å². The van der Waals surface area contributed by atoms with Crippen molar-refractivity contribution >= 4 is 27.4 Å². The third-order valence-corrected chi connectivity index (χ3v) is 4.05. The second kappa shape index (κ2) is 7.74. The third-order valence-electron chi connectivity index (χ3n) is 2.68. The van der Waals surface area contributed by atoms with Gasteiger partial charge in [-0.25, -0.2) is 13.2 Å². The molecule has 1 rings (SSSR count). The zero-order chi connectivity index (χ0) is 16.8. The molecule has 0 atom stereocenters. The van der Waals surface area contributed by atoms with Crippen LogP contribution >= 0.6 is 0 Å². The lowest BCUT2D eigenvalue weighted by Crippen LogP contribution is -2.17. The number of ether oxygens (including phenoxy) is 1. The highest BCUT2D eigenvalue weighted by Crippen LogP contribution is 2.22. The van der Waals surface area contributed by atoms with E-state index in [1.165, 1.54) is 6.07 Å². The molecule has 0 heterocycles. The van der Waals surface area contributed by atoms with Crippen LogP contribution in [0, 0.1) is 10.1 Å². The van der Waals surface area contributed by atoms with Gasteiger partial charge in [0, 0.05) is 12.1 Å². The van der Waals surface area contributed by atoms with Crippen molar-refractivity contribution in [1.29, 1.82) is 0 Å². The minimum absolute atomic E-state index is 0.0339. The largest absolute Gasteiger partial charge is 0.462 e. The maximum atomic E-state index is 11.8. The lowest BCUT2D eigenvalue weighted by molar-refractivity contribution is -0.384. The number of benzene rings is 1. The number of carbonyl (C=O) groups is 1. The summed E-state index contributed by atoms with van der Waals surface area (Å²) in [7, 11) is -3.62. The Morgan fingerprint density at radius 3 is 2.55 bits per heavy atom. The van der Waals surface area contributed by atoms with Gasteiger partial charge in [-0.1, -0.05) is 13.3 Å². The Kier molecular flexibility index (Phi) is 6.29. The first kappa shape index (κ1) is 17.9. The Bertz CT molecular complexity index is 656. The predicted molar refractivity (Wildman–Crippen MR) is 81.4 cm³/mol. The fourth-order valence-corrected chi connectivity index (χ4v) is 2.92. The molecule has 0 amide bonds. The predicted octanol–water partition coefficient (Wildman–Crippen LogP) is 2.31. The number of esters is 1. The van der Waals surface area contributed by atoms with Crippen molar-refractivity contribution in [2.75, 3.05) is 17.1 Å². The number of sulfonamides is 1. The van der Waals surface area contributed by atoms with E-state index in [0.29, 0.717) is 12.8 Å². The number of nitro groups is 1. The first-order valence-corrected chi connectivity index (χ1v) is 8.41. The van der Waals surface area contributed by atoms with Gasteiger partial charge in [0.1, 0.15) is 0 Å². The molecule has 1 aromatic carbocycles. The molecule has 9 heteroatoms. The van der Waals surface area contributed by atoms with Crippen molar-refractivity contribution in [3.8, 4) is 0 Å². The fraction of sp³-hybridized carbons (Fsp3) is 0.462. The summed E-state index contributed by atoms with van der Waals surface area (Å²) in [6.45, 7) is 3.56. The van der Waals surface area contributed by atoms with Gasteiger partial charge in [0.15, 0.2) is 0 Å². The van der Waals surface area contributed by atoms with Crippen LogP contribution in [0.2, 0.25) is 0 Å². The zero-order valence-corrected chi connectivity index (χ0v) is 13.2. The maximum absolute atomic E-state index is 11.8. The molecule has 0 unspecified atom stereocenters. The number of hydrogen-bond donors (Lipinski definition) is 1. The average Bonchev–Trinajstić information content (AvgIpc) is 2.44. The second-order valence-electron chi connectivity index (χ2n) is 4.52. The molecule has 0 saturated carbocycles. The number of nitro benzene ring substituents is 1. The molecule has 122 valence electrons. The first-order chi connectivity index (χ1) is 10.3. The average molecular weight is 330 g/mol. The molecule has 1 aromatic rings. The van der Waals surface area contributed by atoms with Gasteiger partial charge in [0.25, 0.3) is 5.69 Å². The van der Waals surface area contributed by atoms with Gasteiger partial charge in [-0.15, -0.1) is 0 Å². The number of nitrogens with zero attached hydrogens (tertiary/aromatic N) is 1. The van der Waals surface area contributed by atoms with E-state index in [1.54, 1.807) is 6.92 Å². The smallest absolute Gasteiger partial charge is 0.338 e. The molecule has 8 nitrogen and oxygen atoms in total. The number of non-ortho nitro benzene ring substituents is 1. The summed E-state index contributed by atoms with van der Waals surface area (Å²) in [5, 5.41) is 10.9. The minimum atomic E-state index is -3.62. The Labute approximate surface area is 128 Å². The van der Waals surface area contributed by atoms with Gasteiger partial charge in [0.2, 0.25) is 10.0 Å². The van der Waals surface area contributed by atoms with Gasteiger partial charge in [-0.05, 0) is 19.4 Å². The summed E-state index contributed by atoms with van der Waals surface area (Å²) in [4.78, 5) is 21.9. The van der Waals surface area contributed by atoms with E-state index in [-0.39, 0.29) is 23.6 Å². The van der Waals surface area contributed by atoms with E-state index in [1.807, 2.05) is 6.92 Å². The lowest BCUT2D eigenvalue weighted by atomic mass is 10.2. The topological polar surface area (TPSA) is 116 Å². The summed E-state index contributed by atoms with van der Waals surface area (Å²) in [6, 6.07) is 3.32. The number of carbonyl (C=O) groups excluding carboxylic acids is 1. The van der Waals surface area contributed by atoms with E-state index >= 15 is 0 Å². The van der Waals surface area contributed by atoms with Gasteiger partial charge in [-0.3, -0.25) is 14.8 Å². The molecule has 0 aromatic heterocycles. The monoisotopic (exact) mass is 330 g/mol. The number of unbranched alkanes of at least 4 members (excludes halogenated alkanes) is 1. The van der Waals surface area contributed by atoms with Crippen LogP contribution in [0.5, 0.6) is 0 Å². The Balaban J connectivity index is 3.13. The quantitative estimate of drug-likeness (QED) is 0.444. The molecule has 0 spiro atoms. The van der Waals surface area contributed by atoms with E-state index in [4.69, 9.17) is 4.74 Å². The van der Waals surface area contributed by atoms with Crippen molar-refractivity contribution in [2.45, 2.75) is 26.7 Å². The first-order valence-electron chi connectivity index (χ1n) is 6.76. The van der Waals surface area contributed by atoms with Crippen LogP contribution in [0.15, 0.2) is 18.2 Å². The van der Waals surface area contributed by atoms with Gasteiger partial charge < -0.3 is 4.74 Å². The van der Waals surface area contributed by atoms with Crippen LogP contribution < -0.4 is 4.72 Å². The van der Waals surface area contributed by atoms with Crippen LogP contribution in [0.4, 0.5) is 11.4 Å². The molecule has 0 aliphatic rings. The molecule has 1 N–H and O–H groups in total. The summed E-state index contributed by atoms with van der Waals surface area (Å²) < 4.78 is 30.7. The highest BCUT2D eigenvalue weighted by molar-refractivity contribution is 7.92. The highest BCUT2D eigenvalue weighted by atomic mass is 32.2. The molecule has 0 aliphatic heterocycles. The summed E-state index contributed by atoms with van der Waals surface area (Å²) in [5.41, 5.74) is -0.503. The molecule has 0 aliphatic carbocycles. The molecular weight excluding hydrogens is 312 g/mol. The number of hydrogen-bond acceptors (Lipinski definition) is 6. The highest BCUT2D eigenvalue weighted by Gasteiger charge is 2.18. The number of rotatable bonds is 8. The van der Waals surface area contributed by atoms with Crippen molar-refractivity contribution in [1.82, 2.24) is 0 Å². The van der Waals surface area contributed by atoms with Crippen LogP contribution in [0.25, 0.3) is 0 Å². The van der Waals surface area contributed by atoms with E-state index in [0.717, 1.165) is 12.1 Å². The van der Waals surface area contributed by atoms with Gasteiger partial charge in [0.05, 0.1) is 28.5 Å². The molecule has 0 bridgehead atoms. The molecule has 22 heavy (non-hydrogen) atoms. The summed E-state index contributed by atoms with van der Waals surface area (Å²) in [5.74, 6) is -0.846. The normalized spacial score (nSPS) is 11.0. The number of nitrogens with one attached hydrogen (secondary N) is 1. The maximum Gasteiger partial charge on any atom is 0.338 e. The summed E-state index contributed by atoms with van der Waals surface area (Å²) >= 11 is 0. The van der Waals surface area contributed by atoms with Crippen molar-refractivity contribution in [3.05, 3.63) is 33.9 Å². The Morgan fingerprint density at radius 2 is 2.00 bits per heavy atom. The van der Waals surface area contributed by atoms with E-state index in [2.05, 4.69) is 4.72 Å². The lowest BCUT2D eigenvalue weighted by Gasteiger charge is -2.09. The number of anilines is 1. The molecular formula is C13H18N2O6S. The van der Waals surface area contributed by atoms with Crippen LogP contribution in [0.1, 0.15) is 37.0 Å². The Hall–Kier alpha value is -2.16. The zero-order valence-electron chi connectivity index (χ0n) is 12.4. The van der Waals surface area contributed by atoms with Crippen molar-refractivity contribution in [2.24, 2.45) is 0 Å². The van der Waals surface area contributed by atoms with Crippen LogP contribution in [-0.4, -0.2) is 31.7 Å². The molecule has 0 fully saturated rings. The SMILES string of the molecule is CCCCS(=O)(=O)Nc1cc(C(=O)OCC)cc([N+](=O)[O-])c1. The Morgan fingerprint density at radius 1 is 1.32 bits per heavy atom.